The second kappa shape index (κ2) is 11.5. The number of carbonyl (C=O) groups is 1. The van der Waals surface area contributed by atoms with Gasteiger partial charge in [0.25, 0.3) is 0 Å². The number of aryl methyl sites for hydroxylation is 1. The Morgan fingerprint density at radius 3 is 2.45 bits per heavy atom. The van der Waals surface area contributed by atoms with E-state index >= 15 is 0 Å². The zero-order chi connectivity index (χ0) is 14.5. The Kier molecular flexibility index (Phi) is 9.64. The summed E-state index contributed by atoms with van der Waals surface area (Å²) in [5.74, 6) is 0.223. The fourth-order valence-electron chi connectivity index (χ4n) is 2.30. The van der Waals surface area contributed by atoms with Crippen LogP contribution in [0.1, 0.15) is 63.9 Å². The molecule has 0 bridgehead atoms. The lowest BCUT2D eigenvalue weighted by molar-refractivity contribution is -0.121. The molecule has 0 heterocycles. The summed E-state index contributed by atoms with van der Waals surface area (Å²) < 4.78 is 0. The molecule has 2 nitrogen and oxygen atoms in total. The Balaban J connectivity index is 1.91. The monoisotopic (exact) mass is 275 g/mol. The summed E-state index contributed by atoms with van der Waals surface area (Å²) in [4.78, 5) is 11.6. The zero-order valence-corrected chi connectivity index (χ0v) is 12.9. The van der Waals surface area contributed by atoms with Crippen molar-refractivity contribution in [1.29, 1.82) is 0 Å². The number of carbonyl (C=O) groups excluding carboxylic acids is 1. The van der Waals surface area contributed by atoms with Gasteiger partial charge in [0, 0.05) is 13.0 Å². The standard InChI is InChI=1S/C18H29NO/c1-2-3-4-5-9-15-18(20)19-16-11-10-14-17-12-7-6-8-13-17/h6-8,12-13H,2-5,9-11,14-16H2,1H3,(H,19,20). The minimum Gasteiger partial charge on any atom is -0.356 e. The van der Waals surface area contributed by atoms with Crippen molar-refractivity contribution >= 4 is 5.91 Å². The lowest BCUT2D eigenvalue weighted by atomic mass is 10.1. The number of hydrogen-bond donors (Lipinski definition) is 1. The van der Waals surface area contributed by atoms with Crippen LogP contribution in [0.5, 0.6) is 0 Å². The highest BCUT2D eigenvalue weighted by molar-refractivity contribution is 5.75. The van der Waals surface area contributed by atoms with Crippen LogP contribution in [-0.4, -0.2) is 12.5 Å². The predicted molar refractivity (Wildman–Crippen MR) is 85.8 cm³/mol. The van der Waals surface area contributed by atoms with E-state index in [1.165, 1.54) is 31.2 Å². The summed E-state index contributed by atoms with van der Waals surface area (Å²) in [6.07, 6.45) is 10.0. The van der Waals surface area contributed by atoms with Crippen LogP contribution < -0.4 is 5.32 Å². The van der Waals surface area contributed by atoms with Gasteiger partial charge in [0.2, 0.25) is 5.91 Å². The molecular formula is C18H29NO. The minimum absolute atomic E-state index is 0.223. The average molecular weight is 275 g/mol. The molecule has 0 fully saturated rings. The van der Waals surface area contributed by atoms with Crippen molar-refractivity contribution < 1.29 is 4.79 Å². The minimum atomic E-state index is 0.223. The first-order valence-electron chi connectivity index (χ1n) is 8.13. The van der Waals surface area contributed by atoms with Crippen LogP contribution in [0.25, 0.3) is 0 Å². The molecule has 0 atom stereocenters. The van der Waals surface area contributed by atoms with E-state index < -0.39 is 0 Å². The van der Waals surface area contributed by atoms with Crippen LogP contribution in [0.3, 0.4) is 0 Å². The van der Waals surface area contributed by atoms with E-state index in [0.29, 0.717) is 6.42 Å². The summed E-state index contributed by atoms with van der Waals surface area (Å²) in [5.41, 5.74) is 1.38. The smallest absolute Gasteiger partial charge is 0.219 e. The Morgan fingerprint density at radius 1 is 0.950 bits per heavy atom. The van der Waals surface area contributed by atoms with Crippen LogP contribution in [0, 0.1) is 0 Å². The highest BCUT2D eigenvalue weighted by Crippen LogP contribution is 2.05. The third kappa shape index (κ3) is 8.73. The molecule has 1 aromatic carbocycles. The van der Waals surface area contributed by atoms with Gasteiger partial charge >= 0.3 is 0 Å². The molecule has 0 aliphatic rings. The van der Waals surface area contributed by atoms with E-state index in [1.54, 1.807) is 0 Å². The highest BCUT2D eigenvalue weighted by atomic mass is 16.1. The lowest BCUT2D eigenvalue weighted by Crippen LogP contribution is -2.24. The molecule has 0 aliphatic heterocycles. The molecule has 0 spiro atoms. The van der Waals surface area contributed by atoms with Gasteiger partial charge in [0.15, 0.2) is 0 Å². The van der Waals surface area contributed by atoms with E-state index in [1.807, 2.05) is 6.07 Å². The maximum atomic E-state index is 11.6. The van der Waals surface area contributed by atoms with Gasteiger partial charge in [-0.2, -0.15) is 0 Å². The highest BCUT2D eigenvalue weighted by Gasteiger charge is 2.00. The Bertz CT molecular complexity index is 348. The van der Waals surface area contributed by atoms with E-state index in [0.717, 1.165) is 32.2 Å². The summed E-state index contributed by atoms with van der Waals surface area (Å²) in [5, 5.41) is 3.02. The first-order valence-corrected chi connectivity index (χ1v) is 8.13. The fourth-order valence-corrected chi connectivity index (χ4v) is 2.30. The molecule has 1 N–H and O–H groups in total. The van der Waals surface area contributed by atoms with Gasteiger partial charge in [-0.15, -0.1) is 0 Å². The molecule has 112 valence electrons. The largest absolute Gasteiger partial charge is 0.356 e. The number of amides is 1. The summed E-state index contributed by atoms with van der Waals surface area (Å²) in [6.45, 7) is 3.03. The molecule has 0 saturated heterocycles. The van der Waals surface area contributed by atoms with Gasteiger partial charge in [-0.3, -0.25) is 4.79 Å². The maximum absolute atomic E-state index is 11.6. The van der Waals surface area contributed by atoms with Gasteiger partial charge in [0.05, 0.1) is 0 Å². The molecule has 2 heteroatoms. The van der Waals surface area contributed by atoms with Crippen molar-refractivity contribution in [1.82, 2.24) is 5.32 Å². The van der Waals surface area contributed by atoms with Gasteiger partial charge in [-0.1, -0.05) is 62.9 Å². The van der Waals surface area contributed by atoms with Crippen LogP contribution in [0.2, 0.25) is 0 Å². The van der Waals surface area contributed by atoms with Crippen LogP contribution in [-0.2, 0) is 11.2 Å². The summed E-state index contributed by atoms with van der Waals surface area (Å²) in [6, 6.07) is 10.5. The molecule has 0 aliphatic carbocycles. The topological polar surface area (TPSA) is 29.1 Å². The van der Waals surface area contributed by atoms with Gasteiger partial charge in [0.1, 0.15) is 0 Å². The van der Waals surface area contributed by atoms with E-state index in [2.05, 4.69) is 36.5 Å². The van der Waals surface area contributed by atoms with Crippen molar-refractivity contribution in [2.75, 3.05) is 6.54 Å². The molecule has 1 amide bonds. The molecule has 0 unspecified atom stereocenters. The van der Waals surface area contributed by atoms with Gasteiger partial charge in [-0.05, 0) is 31.2 Å². The first-order chi connectivity index (χ1) is 9.83. The van der Waals surface area contributed by atoms with Crippen molar-refractivity contribution in [2.45, 2.75) is 64.7 Å². The normalized spacial score (nSPS) is 10.4. The second-order valence-corrected chi connectivity index (χ2v) is 5.46. The molecule has 0 aromatic heterocycles. The quantitative estimate of drug-likeness (QED) is 0.592. The van der Waals surface area contributed by atoms with Gasteiger partial charge < -0.3 is 5.32 Å². The number of rotatable bonds is 11. The van der Waals surface area contributed by atoms with Crippen molar-refractivity contribution in [3.8, 4) is 0 Å². The third-order valence-electron chi connectivity index (χ3n) is 3.56. The molecule has 1 aromatic rings. The molecule has 0 radical (unpaired) electrons. The first kappa shape index (κ1) is 16.7. The van der Waals surface area contributed by atoms with Crippen molar-refractivity contribution in [3.63, 3.8) is 0 Å². The lowest BCUT2D eigenvalue weighted by Gasteiger charge is -2.05. The second-order valence-electron chi connectivity index (χ2n) is 5.46. The van der Waals surface area contributed by atoms with Crippen molar-refractivity contribution in [2.24, 2.45) is 0 Å². The SMILES string of the molecule is CCCCCCCC(=O)NCCCCc1ccccc1. The van der Waals surface area contributed by atoms with Crippen LogP contribution in [0.15, 0.2) is 30.3 Å². The third-order valence-corrected chi connectivity index (χ3v) is 3.56. The van der Waals surface area contributed by atoms with Crippen LogP contribution in [0.4, 0.5) is 0 Å². The average Bonchev–Trinajstić information content (AvgIpc) is 2.48. The van der Waals surface area contributed by atoms with E-state index in [-0.39, 0.29) is 5.91 Å². The number of benzene rings is 1. The Morgan fingerprint density at radius 2 is 1.70 bits per heavy atom. The van der Waals surface area contributed by atoms with E-state index in [9.17, 15) is 4.79 Å². The van der Waals surface area contributed by atoms with E-state index in [4.69, 9.17) is 0 Å². The van der Waals surface area contributed by atoms with Crippen molar-refractivity contribution in [3.05, 3.63) is 35.9 Å². The Hall–Kier alpha value is -1.31. The summed E-state index contributed by atoms with van der Waals surface area (Å²) in [7, 11) is 0. The maximum Gasteiger partial charge on any atom is 0.219 e. The number of nitrogens with one attached hydrogen (secondary N) is 1. The molecule has 20 heavy (non-hydrogen) atoms. The van der Waals surface area contributed by atoms with Gasteiger partial charge in [-0.25, -0.2) is 0 Å². The number of unbranched alkanes of at least 4 members (excludes halogenated alkanes) is 5. The summed E-state index contributed by atoms with van der Waals surface area (Å²) >= 11 is 0. The molecule has 0 saturated carbocycles. The molecular weight excluding hydrogens is 246 g/mol. The zero-order valence-electron chi connectivity index (χ0n) is 12.9. The predicted octanol–water partition coefficient (Wildman–Crippen LogP) is 4.49. The van der Waals surface area contributed by atoms with Crippen LogP contribution >= 0.6 is 0 Å². The number of hydrogen-bond acceptors (Lipinski definition) is 1. The Labute approximate surface area is 124 Å². The fraction of sp³-hybridized carbons (Fsp3) is 0.611. The molecule has 1 rings (SSSR count).